The van der Waals surface area contributed by atoms with E-state index in [2.05, 4.69) is 5.32 Å². The summed E-state index contributed by atoms with van der Waals surface area (Å²) in [6.07, 6.45) is 4.30. The van der Waals surface area contributed by atoms with Crippen molar-refractivity contribution >= 4 is 39.8 Å². The van der Waals surface area contributed by atoms with E-state index in [1.165, 1.54) is 16.2 Å². The maximum absolute atomic E-state index is 12.1. The predicted molar refractivity (Wildman–Crippen MR) is 80.9 cm³/mol. The molecule has 0 aromatic carbocycles. The Kier molecular flexibility index (Phi) is 5.43. The van der Waals surface area contributed by atoms with Gasteiger partial charge in [0.05, 0.1) is 12.2 Å². The fourth-order valence-electron chi connectivity index (χ4n) is 2.35. The van der Waals surface area contributed by atoms with Crippen LogP contribution in [0.3, 0.4) is 0 Å². The van der Waals surface area contributed by atoms with Crippen molar-refractivity contribution in [1.29, 1.82) is 0 Å². The Hall–Kier alpha value is -1.07. The zero-order valence-electron chi connectivity index (χ0n) is 11.5. The van der Waals surface area contributed by atoms with E-state index >= 15 is 0 Å². The molecule has 0 atom stereocenters. The van der Waals surface area contributed by atoms with Gasteiger partial charge in [0, 0.05) is 17.2 Å². The molecule has 0 unspecified atom stereocenters. The fraction of sp³-hybridized carbons (Fsp3) is 0.571. The molecule has 0 saturated carbocycles. The number of nitrogens with one attached hydrogen (secondary N) is 1. The molecule has 1 aromatic rings. The normalized spacial score (nSPS) is 13.7. The van der Waals surface area contributed by atoms with Crippen molar-refractivity contribution in [3.05, 3.63) is 16.0 Å². The van der Waals surface area contributed by atoms with E-state index in [4.69, 9.17) is 16.3 Å². The summed E-state index contributed by atoms with van der Waals surface area (Å²) in [6, 6.07) is 0. The van der Waals surface area contributed by atoms with E-state index in [0.29, 0.717) is 17.2 Å². The minimum Gasteiger partial charge on any atom is -0.462 e. The molecule has 0 aliphatic heterocycles. The molecule has 0 fully saturated rings. The van der Waals surface area contributed by atoms with Crippen LogP contribution in [0.4, 0.5) is 5.00 Å². The maximum Gasteiger partial charge on any atom is 0.341 e. The first-order valence-corrected chi connectivity index (χ1v) is 8.20. The molecule has 0 radical (unpaired) electrons. The number of carbonyl (C=O) groups excluding carboxylic acids is 2. The van der Waals surface area contributed by atoms with E-state index in [9.17, 15) is 9.59 Å². The van der Waals surface area contributed by atoms with Crippen molar-refractivity contribution in [3.63, 3.8) is 0 Å². The molecule has 1 amide bonds. The number of alkyl halides is 1. The Morgan fingerprint density at radius 1 is 1.35 bits per heavy atom. The minimum absolute atomic E-state index is 0.163. The molecule has 1 aliphatic carbocycles. The molecule has 0 bridgehead atoms. The zero-order valence-corrected chi connectivity index (χ0v) is 13.0. The second-order valence-electron chi connectivity index (χ2n) is 4.62. The van der Waals surface area contributed by atoms with Crippen LogP contribution in [0.5, 0.6) is 0 Å². The standard InChI is InChI=1S/C14H18ClNO3S/c1-2-19-14(18)12-9-5-3-4-6-10(9)20-13(12)16-11(17)7-8-15/h2-8H2,1H3,(H,16,17). The summed E-state index contributed by atoms with van der Waals surface area (Å²) < 4.78 is 5.12. The molecule has 1 aliphatic rings. The van der Waals surface area contributed by atoms with Gasteiger partial charge >= 0.3 is 5.97 Å². The first kappa shape index (κ1) is 15.3. The average molecular weight is 316 g/mol. The van der Waals surface area contributed by atoms with Gasteiger partial charge in [0.2, 0.25) is 5.91 Å². The number of rotatable bonds is 5. The summed E-state index contributed by atoms with van der Waals surface area (Å²) in [4.78, 5) is 25.1. The number of aryl methyl sites for hydroxylation is 1. The van der Waals surface area contributed by atoms with Crippen LogP contribution in [-0.2, 0) is 22.4 Å². The Balaban J connectivity index is 2.31. The number of thiophene rings is 1. The molecule has 20 heavy (non-hydrogen) atoms. The quantitative estimate of drug-likeness (QED) is 0.669. The molecule has 1 aromatic heterocycles. The molecule has 6 heteroatoms. The Morgan fingerprint density at radius 3 is 2.80 bits per heavy atom. The third-order valence-corrected chi connectivity index (χ3v) is 4.62. The number of carbonyl (C=O) groups is 2. The van der Waals surface area contributed by atoms with Crippen molar-refractivity contribution in [3.8, 4) is 0 Å². The van der Waals surface area contributed by atoms with Crippen LogP contribution in [-0.4, -0.2) is 24.4 Å². The van der Waals surface area contributed by atoms with Gasteiger partial charge in [-0.05, 0) is 38.2 Å². The van der Waals surface area contributed by atoms with Gasteiger partial charge in [0.25, 0.3) is 0 Å². The highest BCUT2D eigenvalue weighted by Gasteiger charge is 2.26. The molecule has 110 valence electrons. The van der Waals surface area contributed by atoms with E-state index in [1.807, 2.05) is 0 Å². The average Bonchev–Trinajstić information content (AvgIpc) is 2.76. The van der Waals surface area contributed by atoms with E-state index in [1.54, 1.807) is 6.92 Å². The van der Waals surface area contributed by atoms with Crippen LogP contribution in [0, 0.1) is 0 Å². The van der Waals surface area contributed by atoms with Gasteiger partial charge in [-0.15, -0.1) is 22.9 Å². The van der Waals surface area contributed by atoms with Crippen molar-refractivity contribution in [2.24, 2.45) is 0 Å². The molecular formula is C14H18ClNO3S. The molecule has 4 nitrogen and oxygen atoms in total. The highest BCUT2D eigenvalue weighted by molar-refractivity contribution is 7.17. The van der Waals surface area contributed by atoms with Crippen LogP contribution in [0.25, 0.3) is 0 Å². The van der Waals surface area contributed by atoms with E-state index < -0.39 is 0 Å². The minimum atomic E-state index is -0.340. The van der Waals surface area contributed by atoms with Crippen molar-refractivity contribution in [2.75, 3.05) is 17.8 Å². The molecular weight excluding hydrogens is 298 g/mol. The first-order valence-electron chi connectivity index (χ1n) is 6.84. The number of anilines is 1. The van der Waals surface area contributed by atoms with Gasteiger partial charge < -0.3 is 10.1 Å². The fourth-order valence-corrected chi connectivity index (χ4v) is 3.81. The van der Waals surface area contributed by atoms with Gasteiger partial charge in [-0.25, -0.2) is 4.79 Å². The summed E-state index contributed by atoms with van der Waals surface area (Å²) in [5.74, 6) is -0.233. The third-order valence-electron chi connectivity index (χ3n) is 3.23. The highest BCUT2D eigenvalue weighted by Crippen LogP contribution is 2.38. The van der Waals surface area contributed by atoms with Gasteiger partial charge in [0.1, 0.15) is 5.00 Å². The van der Waals surface area contributed by atoms with Crippen molar-refractivity contribution < 1.29 is 14.3 Å². The summed E-state index contributed by atoms with van der Waals surface area (Å²) in [5.41, 5.74) is 1.61. The van der Waals surface area contributed by atoms with Gasteiger partial charge in [-0.3, -0.25) is 4.79 Å². The third kappa shape index (κ3) is 3.33. The Morgan fingerprint density at radius 2 is 2.10 bits per heavy atom. The number of esters is 1. The van der Waals surface area contributed by atoms with Crippen LogP contribution < -0.4 is 5.32 Å². The van der Waals surface area contributed by atoms with Gasteiger partial charge in [-0.2, -0.15) is 0 Å². The van der Waals surface area contributed by atoms with E-state index in [0.717, 1.165) is 31.2 Å². The molecule has 2 rings (SSSR count). The lowest BCUT2D eigenvalue weighted by molar-refractivity contribution is -0.115. The largest absolute Gasteiger partial charge is 0.462 e. The van der Waals surface area contributed by atoms with Crippen molar-refractivity contribution in [1.82, 2.24) is 0 Å². The molecule has 1 heterocycles. The second kappa shape index (κ2) is 7.09. The summed E-state index contributed by atoms with van der Waals surface area (Å²) in [6.45, 7) is 2.11. The number of hydrogen-bond acceptors (Lipinski definition) is 4. The SMILES string of the molecule is CCOC(=O)c1c(NC(=O)CCCl)sc2c1CCCC2. The van der Waals surface area contributed by atoms with Gasteiger partial charge in [-0.1, -0.05) is 0 Å². The maximum atomic E-state index is 12.1. The van der Waals surface area contributed by atoms with Crippen molar-refractivity contribution in [2.45, 2.75) is 39.0 Å². The lowest BCUT2D eigenvalue weighted by atomic mass is 9.95. The second-order valence-corrected chi connectivity index (χ2v) is 6.11. The zero-order chi connectivity index (χ0) is 14.5. The van der Waals surface area contributed by atoms with Crippen LogP contribution in [0.15, 0.2) is 0 Å². The molecule has 1 N–H and O–H groups in total. The molecule has 0 saturated heterocycles. The number of ether oxygens (including phenoxy) is 1. The van der Waals surface area contributed by atoms with E-state index in [-0.39, 0.29) is 24.2 Å². The summed E-state index contributed by atoms with van der Waals surface area (Å²) in [7, 11) is 0. The number of amides is 1. The number of halogens is 1. The smallest absolute Gasteiger partial charge is 0.341 e. The lowest BCUT2D eigenvalue weighted by Gasteiger charge is -2.12. The van der Waals surface area contributed by atoms with Crippen LogP contribution in [0.2, 0.25) is 0 Å². The summed E-state index contributed by atoms with van der Waals surface area (Å²) >= 11 is 7.06. The Bertz CT molecular complexity index is 513. The topological polar surface area (TPSA) is 55.4 Å². The predicted octanol–water partition coefficient (Wildman–Crippen LogP) is 3.37. The monoisotopic (exact) mass is 315 g/mol. The Labute approximate surface area is 127 Å². The lowest BCUT2D eigenvalue weighted by Crippen LogP contribution is -2.15. The highest BCUT2D eigenvalue weighted by atomic mass is 35.5. The summed E-state index contributed by atoms with van der Waals surface area (Å²) in [5, 5.41) is 3.42. The van der Waals surface area contributed by atoms with Gasteiger partial charge in [0.15, 0.2) is 0 Å². The first-order chi connectivity index (χ1) is 9.67. The molecule has 0 spiro atoms. The number of fused-ring (bicyclic) bond motifs is 1. The number of hydrogen-bond donors (Lipinski definition) is 1. The van der Waals surface area contributed by atoms with Crippen LogP contribution in [0.1, 0.15) is 47.0 Å². The van der Waals surface area contributed by atoms with Crippen LogP contribution >= 0.6 is 22.9 Å².